The van der Waals surface area contributed by atoms with Gasteiger partial charge in [-0.2, -0.15) is 0 Å². The van der Waals surface area contributed by atoms with Crippen molar-refractivity contribution in [2.24, 2.45) is 0 Å². The van der Waals surface area contributed by atoms with E-state index in [0.717, 1.165) is 111 Å². The van der Waals surface area contributed by atoms with Gasteiger partial charge < -0.3 is 4.42 Å². The van der Waals surface area contributed by atoms with E-state index >= 15 is 0 Å². The van der Waals surface area contributed by atoms with Gasteiger partial charge in [0.05, 0.1) is 27.6 Å². The standard InChI is InChI=1S/C44H27N5O.C44H27N5S/c1-3-13-28(14-4-1)41-46-42(29-15-5-2-6-16-29)48-43(47-41)36-21-12-26-45-44(36)49-37-22-9-7-17-32(37)33-25-24-30(27-38(33)49)31-19-11-20-35-34-18-8-10-23-39(34)50-40(31)35;1-3-12-28(13-4-1)42-46-43(29-14-5-2-6-15-29)48-44(47-42)31-23-25-40(45-27-31)49-37-20-9-7-16-33(37)34-24-22-30(26-38(34)49)32-18-11-19-36-35-17-8-10-21-39(35)50-41(32)36/h2*1-27H. The van der Waals surface area contributed by atoms with Gasteiger partial charge in [0, 0.05) is 98.3 Å². The minimum Gasteiger partial charge on any atom is -0.455 e. The van der Waals surface area contributed by atoms with Crippen molar-refractivity contribution in [1.82, 2.24) is 49.0 Å². The Morgan fingerprint density at radius 2 is 0.710 bits per heavy atom. The van der Waals surface area contributed by atoms with Crippen LogP contribution in [0.3, 0.4) is 0 Å². The second-order valence-electron chi connectivity index (χ2n) is 24.6. The van der Waals surface area contributed by atoms with Gasteiger partial charge >= 0.3 is 0 Å². The number of rotatable bonds is 10. The number of aromatic nitrogens is 10. The molecule has 0 aliphatic heterocycles. The van der Waals surface area contributed by atoms with Crippen LogP contribution in [-0.2, 0) is 0 Å². The van der Waals surface area contributed by atoms with Gasteiger partial charge in [0.2, 0.25) is 0 Å². The average Bonchev–Trinajstić information content (AvgIpc) is 1.57. The van der Waals surface area contributed by atoms with Crippen molar-refractivity contribution in [1.29, 1.82) is 0 Å². The summed E-state index contributed by atoms with van der Waals surface area (Å²) in [4.78, 5) is 39.8. The van der Waals surface area contributed by atoms with Gasteiger partial charge in [-0.1, -0.05) is 255 Å². The highest BCUT2D eigenvalue weighted by Crippen LogP contribution is 2.44. The number of benzene rings is 12. The quantitative estimate of drug-likeness (QED) is 0.132. The molecular formula is C88H54N10OS. The number of fused-ring (bicyclic) bond motifs is 12. The summed E-state index contributed by atoms with van der Waals surface area (Å²) in [7, 11) is 0. The first-order chi connectivity index (χ1) is 49.6. The highest BCUT2D eigenvalue weighted by Gasteiger charge is 2.23. The number of nitrogens with zero attached hydrogens (tertiary/aromatic N) is 10. The molecule has 0 unspecified atom stereocenters. The highest BCUT2D eigenvalue weighted by molar-refractivity contribution is 7.26. The Balaban J connectivity index is 0.000000139. The van der Waals surface area contributed by atoms with Gasteiger partial charge in [-0.15, -0.1) is 11.3 Å². The molecule has 0 aliphatic carbocycles. The Labute approximate surface area is 577 Å². The van der Waals surface area contributed by atoms with Crippen molar-refractivity contribution in [2.45, 2.75) is 0 Å². The molecule has 20 aromatic rings. The Bertz CT molecular complexity index is 6410. The number of para-hydroxylation sites is 4. The zero-order valence-corrected chi connectivity index (χ0v) is 54.3. The molecule has 8 aromatic heterocycles. The summed E-state index contributed by atoms with van der Waals surface area (Å²) >= 11 is 1.86. The van der Waals surface area contributed by atoms with Gasteiger partial charge in [0.15, 0.2) is 34.9 Å². The van der Waals surface area contributed by atoms with Gasteiger partial charge in [-0.25, -0.2) is 39.9 Å². The fraction of sp³-hybridized carbons (Fsp3) is 0. The van der Waals surface area contributed by atoms with Crippen LogP contribution in [0.1, 0.15) is 0 Å². The molecule has 20 rings (SSSR count). The normalized spacial score (nSPS) is 11.6. The van der Waals surface area contributed by atoms with E-state index in [1.807, 2.05) is 169 Å². The highest BCUT2D eigenvalue weighted by atomic mass is 32.1. The van der Waals surface area contributed by atoms with Crippen molar-refractivity contribution < 1.29 is 4.42 Å². The van der Waals surface area contributed by atoms with Crippen LogP contribution < -0.4 is 0 Å². The lowest BCUT2D eigenvalue weighted by Gasteiger charge is -2.14. The molecule has 12 heteroatoms. The third kappa shape index (κ3) is 10.1. The Kier molecular flexibility index (Phi) is 14.1. The monoisotopic (exact) mass is 1300 g/mol. The second kappa shape index (κ2) is 24.3. The third-order valence-corrected chi connectivity index (χ3v) is 19.9. The minimum absolute atomic E-state index is 0.551. The molecule has 100 heavy (non-hydrogen) atoms. The van der Waals surface area contributed by atoms with Crippen LogP contribution in [0.4, 0.5) is 0 Å². The molecule has 12 aromatic carbocycles. The van der Waals surface area contributed by atoms with Crippen LogP contribution in [-0.4, -0.2) is 49.0 Å². The number of pyridine rings is 2. The molecule has 0 aliphatic rings. The number of hydrogen-bond donors (Lipinski definition) is 0. The average molecular weight is 1300 g/mol. The van der Waals surface area contributed by atoms with Gasteiger partial charge in [0.1, 0.15) is 22.8 Å². The fourth-order valence-corrected chi connectivity index (χ4v) is 15.2. The van der Waals surface area contributed by atoms with E-state index in [0.29, 0.717) is 34.9 Å². The molecule has 0 fully saturated rings. The molecule has 0 saturated carbocycles. The number of furan rings is 1. The van der Waals surface area contributed by atoms with Crippen LogP contribution in [0, 0.1) is 0 Å². The lowest BCUT2D eigenvalue weighted by atomic mass is 10.0. The number of hydrogen-bond acceptors (Lipinski definition) is 10. The molecule has 0 amide bonds. The first kappa shape index (κ1) is 58.0. The van der Waals surface area contributed by atoms with Crippen LogP contribution in [0.2, 0.25) is 0 Å². The van der Waals surface area contributed by atoms with Crippen LogP contribution in [0.5, 0.6) is 0 Å². The molecule has 8 heterocycles. The summed E-state index contributed by atoms with van der Waals surface area (Å²) in [6.07, 6.45) is 3.70. The number of thiophene rings is 1. The smallest absolute Gasteiger partial charge is 0.167 e. The Morgan fingerprint density at radius 3 is 1.30 bits per heavy atom. The topological polar surface area (TPSA) is 126 Å². The molecule has 0 saturated heterocycles. The van der Waals surface area contributed by atoms with Crippen molar-refractivity contribution in [2.75, 3.05) is 0 Å². The molecule has 0 atom stereocenters. The fourth-order valence-electron chi connectivity index (χ4n) is 14.0. The molecule has 0 N–H and O–H groups in total. The van der Waals surface area contributed by atoms with Crippen LogP contribution in [0.15, 0.2) is 332 Å². The second-order valence-corrected chi connectivity index (χ2v) is 25.6. The van der Waals surface area contributed by atoms with Crippen molar-refractivity contribution in [3.05, 3.63) is 328 Å². The predicted molar refractivity (Wildman–Crippen MR) is 408 cm³/mol. The molecule has 11 nitrogen and oxygen atoms in total. The first-order valence-electron chi connectivity index (χ1n) is 33.1. The van der Waals surface area contributed by atoms with E-state index in [1.165, 1.54) is 42.1 Å². The van der Waals surface area contributed by atoms with E-state index in [2.05, 4.69) is 179 Å². The van der Waals surface area contributed by atoms with Crippen molar-refractivity contribution in [3.63, 3.8) is 0 Å². The van der Waals surface area contributed by atoms with Gasteiger partial charge in [-0.3, -0.25) is 9.13 Å². The lowest BCUT2D eigenvalue weighted by molar-refractivity contribution is 0.670. The maximum atomic E-state index is 6.45. The molecular weight excluding hydrogens is 1250 g/mol. The minimum atomic E-state index is 0.551. The van der Waals surface area contributed by atoms with Gasteiger partial charge in [-0.05, 0) is 77.4 Å². The largest absolute Gasteiger partial charge is 0.455 e. The third-order valence-electron chi connectivity index (χ3n) is 18.7. The van der Waals surface area contributed by atoms with E-state index in [4.69, 9.17) is 44.3 Å². The van der Waals surface area contributed by atoms with Crippen LogP contribution in [0.25, 0.3) is 188 Å². The van der Waals surface area contributed by atoms with E-state index in [-0.39, 0.29) is 0 Å². The van der Waals surface area contributed by atoms with E-state index in [1.54, 1.807) is 0 Å². The van der Waals surface area contributed by atoms with Crippen LogP contribution >= 0.6 is 11.3 Å². The van der Waals surface area contributed by atoms with E-state index in [9.17, 15) is 0 Å². The summed E-state index contributed by atoms with van der Waals surface area (Å²) in [6, 6.07) is 109. The summed E-state index contributed by atoms with van der Waals surface area (Å²) in [5.74, 6) is 5.16. The molecule has 0 bridgehead atoms. The van der Waals surface area contributed by atoms with Gasteiger partial charge in [0.25, 0.3) is 0 Å². The lowest BCUT2D eigenvalue weighted by Crippen LogP contribution is -2.05. The first-order valence-corrected chi connectivity index (χ1v) is 33.9. The molecule has 0 spiro atoms. The molecule has 0 radical (unpaired) electrons. The van der Waals surface area contributed by atoms with Crippen molar-refractivity contribution >= 4 is 97.1 Å². The zero-order valence-electron chi connectivity index (χ0n) is 53.5. The summed E-state index contributed by atoms with van der Waals surface area (Å²) in [5, 5.41) is 9.46. The Morgan fingerprint density at radius 1 is 0.270 bits per heavy atom. The predicted octanol–water partition coefficient (Wildman–Crippen LogP) is 22.3. The maximum Gasteiger partial charge on any atom is 0.167 e. The summed E-state index contributed by atoms with van der Waals surface area (Å²) in [5.41, 5.74) is 15.9. The molecule has 468 valence electrons. The SMILES string of the molecule is c1ccc(-c2nc(-c3ccccc3)nc(-c3ccc(-n4c5ccccc5c5ccc(-c6cccc7c6sc6ccccc67)cc54)nc3)n2)cc1.c1ccc(-c2nc(-c3ccccc3)nc(-c3cccnc3-n3c4ccccc4c4ccc(-c5cccc6c5oc5ccccc56)cc43)n2)cc1. The zero-order chi connectivity index (χ0) is 66.0. The Hall–Kier alpha value is -13.4. The van der Waals surface area contributed by atoms with Crippen molar-refractivity contribution in [3.8, 4) is 102 Å². The van der Waals surface area contributed by atoms with E-state index < -0.39 is 0 Å². The maximum absolute atomic E-state index is 6.45. The summed E-state index contributed by atoms with van der Waals surface area (Å²) in [6.45, 7) is 0. The summed E-state index contributed by atoms with van der Waals surface area (Å²) < 4.78 is 13.6.